The maximum absolute atomic E-state index is 12.0. The van der Waals surface area contributed by atoms with Crippen molar-refractivity contribution < 1.29 is 9.59 Å². The second kappa shape index (κ2) is 5.62. The number of amides is 2. The van der Waals surface area contributed by atoms with Gasteiger partial charge < -0.3 is 10.6 Å². The monoisotopic (exact) mass is 247 g/mol. The van der Waals surface area contributed by atoms with Gasteiger partial charge in [0, 0.05) is 18.4 Å². The minimum Gasteiger partial charge on any atom is -0.354 e. The molecule has 0 radical (unpaired) electrons. The number of aryl methyl sites for hydroxylation is 1. The molecule has 1 aromatic heterocycles. The van der Waals surface area contributed by atoms with Crippen LogP contribution in [0.5, 0.6) is 0 Å². The number of rotatable bonds is 2. The largest absolute Gasteiger partial charge is 0.354 e. The van der Waals surface area contributed by atoms with Gasteiger partial charge in [-0.25, -0.2) is 0 Å². The summed E-state index contributed by atoms with van der Waals surface area (Å²) in [7, 11) is 0. The van der Waals surface area contributed by atoms with Crippen LogP contribution in [0.2, 0.25) is 0 Å². The van der Waals surface area contributed by atoms with Gasteiger partial charge in [0.05, 0.1) is 5.56 Å². The lowest BCUT2D eigenvalue weighted by Gasteiger charge is -2.15. The van der Waals surface area contributed by atoms with E-state index in [0.29, 0.717) is 18.5 Å². The minimum atomic E-state index is -0.429. The number of carbonyl (C=O) groups is 2. The Balaban J connectivity index is 2.01. The highest BCUT2D eigenvalue weighted by atomic mass is 16.2. The first kappa shape index (κ1) is 12.5. The molecule has 1 aromatic rings. The normalized spacial score (nSPS) is 19.8. The lowest BCUT2D eigenvalue weighted by Crippen LogP contribution is -2.45. The average molecular weight is 247 g/mol. The topological polar surface area (TPSA) is 71.1 Å². The van der Waals surface area contributed by atoms with Crippen LogP contribution >= 0.6 is 0 Å². The predicted molar refractivity (Wildman–Crippen MR) is 67.1 cm³/mol. The Kier molecular flexibility index (Phi) is 3.92. The van der Waals surface area contributed by atoms with Crippen LogP contribution in [0.4, 0.5) is 0 Å². The summed E-state index contributed by atoms with van der Waals surface area (Å²) in [5, 5.41) is 5.54. The highest BCUT2D eigenvalue weighted by molar-refractivity contribution is 5.97. The Morgan fingerprint density at radius 3 is 3.00 bits per heavy atom. The molecule has 5 heteroatoms. The molecule has 1 unspecified atom stereocenters. The van der Waals surface area contributed by atoms with E-state index in [0.717, 1.165) is 18.5 Å². The van der Waals surface area contributed by atoms with Gasteiger partial charge in [0.25, 0.3) is 5.91 Å². The van der Waals surface area contributed by atoms with E-state index >= 15 is 0 Å². The number of hydrogen-bond donors (Lipinski definition) is 2. The van der Waals surface area contributed by atoms with E-state index in [4.69, 9.17) is 0 Å². The molecule has 1 atom stereocenters. The highest BCUT2D eigenvalue weighted by Crippen LogP contribution is 2.07. The van der Waals surface area contributed by atoms with Crippen molar-refractivity contribution in [2.45, 2.75) is 32.2 Å². The second-order valence-corrected chi connectivity index (χ2v) is 4.50. The quantitative estimate of drug-likeness (QED) is 0.811. The summed E-state index contributed by atoms with van der Waals surface area (Å²) in [5.41, 5.74) is 1.34. The van der Waals surface area contributed by atoms with Gasteiger partial charge in [-0.15, -0.1) is 0 Å². The Hall–Kier alpha value is -1.91. The Bertz CT molecular complexity index is 442. The third-order valence-corrected chi connectivity index (χ3v) is 3.01. The van der Waals surface area contributed by atoms with Gasteiger partial charge in [0.2, 0.25) is 5.91 Å². The van der Waals surface area contributed by atoms with Crippen molar-refractivity contribution in [3.05, 3.63) is 29.6 Å². The zero-order valence-electron chi connectivity index (χ0n) is 10.4. The van der Waals surface area contributed by atoms with Gasteiger partial charge in [-0.05, 0) is 38.3 Å². The zero-order chi connectivity index (χ0) is 13.0. The summed E-state index contributed by atoms with van der Waals surface area (Å²) in [6, 6.07) is 3.07. The van der Waals surface area contributed by atoms with E-state index in [2.05, 4.69) is 15.6 Å². The van der Waals surface area contributed by atoms with Crippen molar-refractivity contribution >= 4 is 11.8 Å². The van der Waals surface area contributed by atoms with Crippen molar-refractivity contribution in [1.82, 2.24) is 15.6 Å². The van der Waals surface area contributed by atoms with Gasteiger partial charge in [-0.2, -0.15) is 0 Å². The molecule has 2 N–H and O–H groups in total. The Labute approximate surface area is 106 Å². The molecule has 2 heterocycles. The number of hydrogen-bond acceptors (Lipinski definition) is 3. The maximum Gasteiger partial charge on any atom is 0.253 e. The molecule has 1 fully saturated rings. The molecule has 96 valence electrons. The van der Waals surface area contributed by atoms with Crippen LogP contribution in [-0.4, -0.2) is 29.4 Å². The van der Waals surface area contributed by atoms with Crippen molar-refractivity contribution in [2.24, 2.45) is 0 Å². The van der Waals surface area contributed by atoms with Crippen LogP contribution in [0.3, 0.4) is 0 Å². The van der Waals surface area contributed by atoms with E-state index in [-0.39, 0.29) is 11.8 Å². The van der Waals surface area contributed by atoms with E-state index in [1.807, 2.05) is 6.92 Å². The summed E-state index contributed by atoms with van der Waals surface area (Å²) < 4.78 is 0. The average Bonchev–Trinajstić information content (AvgIpc) is 2.56. The van der Waals surface area contributed by atoms with Gasteiger partial charge in [-0.3, -0.25) is 14.6 Å². The first-order chi connectivity index (χ1) is 8.66. The van der Waals surface area contributed by atoms with E-state index < -0.39 is 6.04 Å². The van der Waals surface area contributed by atoms with Crippen molar-refractivity contribution in [1.29, 1.82) is 0 Å². The smallest absolute Gasteiger partial charge is 0.253 e. The highest BCUT2D eigenvalue weighted by Gasteiger charge is 2.22. The minimum absolute atomic E-state index is 0.0964. The van der Waals surface area contributed by atoms with Crippen LogP contribution in [0, 0.1) is 6.92 Å². The molecule has 5 nitrogen and oxygen atoms in total. The molecule has 0 spiro atoms. The Morgan fingerprint density at radius 1 is 1.44 bits per heavy atom. The summed E-state index contributed by atoms with van der Waals surface area (Å²) in [5.74, 6) is -0.342. The summed E-state index contributed by atoms with van der Waals surface area (Å²) >= 11 is 0. The molecule has 18 heavy (non-hydrogen) atoms. The molecule has 1 saturated heterocycles. The van der Waals surface area contributed by atoms with Gasteiger partial charge in [0.1, 0.15) is 6.04 Å². The number of nitrogens with one attached hydrogen (secondary N) is 2. The molecule has 0 aliphatic carbocycles. The molecule has 0 aromatic carbocycles. The van der Waals surface area contributed by atoms with Gasteiger partial charge in [-0.1, -0.05) is 0 Å². The fourth-order valence-electron chi connectivity index (χ4n) is 1.92. The van der Waals surface area contributed by atoms with Crippen LogP contribution in [-0.2, 0) is 4.79 Å². The van der Waals surface area contributed by atoms with Crippen molar-refractivity contribution in [3.8, 4) is 0 Å². The third kappa shape index (κ3) is 3.06. The number of aromatic nitrogens is 1. The van der Waals surface area contributed by atoms with Crippen LogP contribution in [0.25, 0.3) is 0 Å². The van der Waals surface area contributed by atoms with Crippen molar-refractivity contribution in [2.75, 3.05) is 6.54 Å². The molecule has 2 rings (SSSR count). The van der Waals surface area contributed by atoms with Gasteiger partial charge >= 0.3 is 0 Å². The van der Waals surface area contributed by atoms with E-state index in [1.54, 1.807) is 12.1 Å². The molecule has 0 bridgehead atoms. The number of carbonyl (C=O) groups excluding carboxylic acids is 2. The standard InChI is InChI=1S/C13H17N3O2/c1-9-5-6-10(8-15-9)12(17)16-11-4-2-3-7-14-13(11)18/h5-6,8,11H,2-4,7H2,1H3,(H,14,18)(H,16,17). The predicted octanol–water partition coefficient (Wildman–Crippen LogP) is 0.789. The molecule has 0 saturated carbocycles. The van der Waals surface area contributed by atoms with Crippen LogP contribution in [0.1, 0.15) is 35.3 Å². The summed E-state index contributed by atoms with van der Waals surface area (Å²) in [6.45, 7) is 2.55. The van der Waals surface area contributed by atoms with E-state index in [1.165, 1.54) is 6.20 Å². The maximum atomic E-state index is 12.0. The van der Waals surface area contributed by atoms with Crippen LogP contribution < -0.4 is 10.6 Å². The fraction of sp³-hybridized carbons (Fsp3) is 0.462. The first-order valence-electron chi connectivity index (χ1n) is 6.18. The molecular formula is C13H17N3O2. The lowest BCUT2D eigenvalue weighted by molar-refractivity contribution is -0.122. The van der Waals surface area contributed by atoms with Gasteiger partial charge in [0.15, 0.2) is 0 Å². The number of nitrogens with zero attached hydrogens (tertiary/aromatic N) is 1. The summed E-state index contributed by atoms with van der Waals surface area (Å²) in [4.78, 5) is 27.7. The molecule has 1 aliphatic heterocycles. The van der Waals surface area contributed by atoms with Crippen LogP contribution in [0.15, 0.2) is 18.3 Å². The number of pyridine rings is 1. The first-order valence-corrected chi connectivity index (χ1v) is 6.18. The Morgan fingerprint density at radius 2 is 2.28 bits per heavy atom. The third-order valence-electron chi connectivity index (χ3n) is 3.01. The lowest BCUT2D eigenvalue weighted by atomic mass is 10.1. The summed E-state index contributed by atoms with van der Waals surface area (Å²) in [6.07, 6.45) is 4.12. The molecular weight excluding hydrogens is 230 g/mol. The molecule has 1 aliphatic rings. The van der Waals surface area contributed by atoms with Crippen molar-refractivity contribution in [3.63, 3.8) is 0 Å². The second-order valence-electron chi connectivity index (χ2n) is 4.50. The molecule has 2 amide bonds. The SMILES string of the molecule is Cc1ccc(C(=O)NC2CCCCNC2=O)cn1. The fourth-order valence-corrected chi connectivity index (χ4v) is 1.92. The zero-order valence-corrected chi connectivity index (χ0v) is 10.4. The van der Waals surface area contributed by atoms with E-state index in [9.17, 15) is 9.59 Å².